The molecule has 0 saturated carbocycles. The highest BCUT2D eigenvalue weighted by molar-refractivity contribution is 4.83. The van der Waals surface area contributed by atoms with Crippen molar-refractivity contribution in [1.82, 2.24) is 0 Å². The number of rotatable bonds is 0. The van der Waals surface area contributed by atoms with Gasteiger partial charge in [-0.15, -0.1) is 0 Å². The summed E-state index contributed by atoms with van der Waals surface area (Å²) in [5.41, 5.74) is 0. The van der Waals surface area contributed by atoms with E-state index in [0.717, 1.165) is 0 Å². The summed E-state index contributed by atoms with van der Waals surface area (Å²) in [6, 6.07) is 0. The van der Waals surface area contributed by atoms with Crippen molar-refractivity contribution in [3.8, 4) is 0 Å². The standard InChI is InChI=1S/C6H10O4/c1-3-9-4-2-8-6(7)5(4)10-3/h3-7H,2H2,1H3. The van der Waals surface area contributed by atoms with E-state index in [0.29, 0.717) is 6.61 Å². The molecular weight excluding hydrogens is 136 g/mol. The van der Waals surface area contributed by atoms with E-state index in [1.165, 1.54) is 0 Å². The molecule has 2 aliphatic rings. The monoisotopic (exact) mass is 146 g/mol. The van der Waals surface area contributed by atoms with Gasteiger partial charge in [0, 0.05) is 0 Å². The maximum absolute atomic E-state index is 9.09. The molecule has 0 aromatic rings. The van der Waals surface area contributed by atoms with Gasteiger partial charge in [0.05, 0.1) is 6.61 Å². The average Bonchev–Trinajstić information content (AvgIpc) is 2.35. The molecule has 2 rings (SSSR count). The van der Waals surface area contributed by atoms with E-state index in [1.54, 1.807) is 0 Å². The van der Waals surface area contributed by atoms with E-state index in [2.05, 4.69) is 0 Å². The van der Waals surface area contributed by atoms with Crippen molar-refractivity contribution in [2.75, 3.05) is 6.61 Å². The van der Waals surface area contributed by atoms with Gasteiger partial charge in [-0.2, -0.15) is 0 Å². The van der Waals surface area contributed by atoms with Gasteiger partial charge in [-0.1, -0.05) is 0 Å². The fraction of sp³-hybridized carbons (Fsp3) is 1.00. The first-order valence-corrected chi connectivity index (χ1v) is 3.38. The highest BCUT2D eigenvalue weighted by atomic mass is 16.8. The Bertz CT molecular complexity index is 138. The van der Waals surface area contributed by atoms with Gasteiger partial charge < -0.3 is 19.3 Å². The van der Waals surface area contributed by atoms with E-state index < -0.39 is 6.29 Å². The number of ether oxygens (including phenoxy) is 3. The molecule has 4 unspecified atom stereocenters. The number of aliphatic hydroxyl groups excluding tert-OH is 1. The zero-order chi connectivity index (χ0) is 7.14. The van der Waals surface area contributed by atoms with Gasteiger partial charge in [0.15, 0.2) is 12.6 Å². The van der Waals surface area contributed by atoms with Crippen LogP contribution >= 0.6 is 0 Å². The first kappa shape index (κ1) is 6.54. The Kier molecular flexibility index (Phi) is 1.42. The van der Waals surface area contributed by atoms with Crippen LogP contribution in [0.2, 0.25) is 0 Å². The molecule has 0 bridgehead atoms. The third-order valence-corrected chi connectivity index (χ3v) is 1.79. The van der Waals surface area contributed by atoms with E-state index in [-0.39, 0.29) is 18.5 Å². The summed E-state index contributed by atoms with van der Waals surface area (Å²) in [6.07, 6.45) is -1.33. The Hall–Kier alpha value is -0.160. The molecule has 0 amide bonds. The summed E-state index contributed by atoms with van der Waals surface area (Å²) >= 11 is 0. The van der Waals surface area contributed by atoms with Crippen molar-refractivity contribution < 1.29 is 19.3 Å². The number of hydrogen-bond acceptors (Lipinski definition) is 4. The molecular formula is C6H10O4. The smallest absolute Gasteiger partial charge is 0.184 e. The lowest BCUT2D eigenvalue weighted by Crippen LogP contribution is -2.26. The van der Waals surface area contributed by atoms with Crippen LogP contribution in [0.15, 0.2) is 0 Å². The molecule has 4 atom stereocenters. The van der Waals surface area contributed by atoms with Crippen molar-refractivity contribution in [2.45, 2.75) is 31.7 Å². The van der Waals surface area contributed by atoms with E-state index in [4.69, 9.17) is 19.3 Å². The summed E-state index contributed by atoms with van der Waals surface area (Å²) in [5.74, 6) is 0. The maximum atomic E-state index is 9.09. The minimum Gasteiger partial charge on any atom is -0.366 e. The number of fused-ring (bicyclic) bond motifs is 1. The Balaban J connectivity index is 2.05. The normalized spacial score (nSPS) is 53.4. The van der Waals surface area contributed by atoms with Crippen LogP contribution in [0.25, 0.3) is 0 Å². The van der Waals surface area contributed by atoms with Crippen molar-refractivity contribution in [3.05, 3.63) is 0 Å². The topological polar surface area (TPSA) is 47.9 Å². The van der Waals surface area contributed by atoms with Crippen LogP contribution in [0.3, 0.4) is 0 Å². The summed E-state index contributed by atoms with van der Waals surface area (Å²) in [7, 11) is 0. The van der Waals surface area contributed by atoms with Crippen LogP contribution in [0.5, 0.6) is 0 Å². The average molecular weight is 146 g/mol. The molecule has 0 aromatic heterocycles. The third kappa shape index (κ3) is 0.845. The van der Waals surface area contributed by atoms with Crippen LogP contribution in [0, 0.1) is 0 Å². The Morgan fingerprint density at radius 3 is 2.90 bits per heavy atom. The van der Waals surface area contributed by atoms with Gasteiger partial charge in [-0.3, -0.25) is 0 Å². The fourth-order valence-corrected chi connectivity index (χ4v) is 1.34. The second kappa shape index (κ2) is 2.17. The molecule has 2 aliphatic heterocycles. The van der Waals surface area contributed by atoms with Crippen LogP contribution in [-0.4, -0.2) is 36.5 Å². The highest BCUT2D eigenvalue weighted by Crippen LogP contribution is 2.27. The molecule has 2 fully saturated rings. The summed E-state index contributed by atoms with van der Waals surface area (Å²) < 4.78 is 15.3. The van der Waals surface area contributed by atoms with Gasteiger partial charge in [-0.25, -0.2) is 0 Å². The summed E-state index contributed by atoms with van der Waals surface area (Å²) in [5, 5.41) is 9.09. The van der Waals surface area contributed by atoms with Crippen LogP contribution in [0.1, 0.15) is 6.92 Å². The first-order valence-electron chi connectivity index (χ1n) is 3.38. The molecule has 0 aromatic carbocycles. The fourth-order valence-electron chi connectivity index (χ4n) is 1.34. The molecule has 0 spiro atoms. The van der Waals surface area contributed by atoms with Crippen LogP contribution in [0.4, 0.5) is 0 Å². The van der Waals surface area contributed by atoms with Crippen molar-refractivity contribution in [2.24, 2.45) is 0 Å². The molecule has 0 radical (unpaired) electrons. The van der Waals surface area contributed by atoms with E-state index in [1.807, 2.05) is 6.92 Å². The van der Waals surface area contributed by atoms with Gasteiger partial charge in [0.25, 0.3) is 0 Å². The summed E-state index contributed by atoms with van der Waals surface area (Å²) in [6.45, 7) is 2.25. The lowest BCUT2D eigenvalue weighted by atomic mass is 10.2. The Morgan fingerprint density at radius 1 is 1.40 bits per heavy atom. The molecule has 4 nitrogen and oxygen atoms in total. The first-order chi connectivity index (χ1) is 4.77. The molecule has 1 N–H and O–H groups in total. The second-order valence-corrected chi connectivity index (χ2v) is 2.57. The molecule has 4 heteroatoms. The van der Waals surface area contributed by atoms with E-state index >= 15 is 0 Å². The van der Waals surface area contributed by atoms with Gasteiger partial charge in [0.2, 0.25) is 0 Å². The molecule has 2 saturated heterocycles. The molecule has 10 heavy (non-hydrogen) atoms. The third-order valence-electron chi connectivity index (χ3n) is 1.79. The highest BCUT2D eigenvalue weighted by Gasteiger charge is 2.44. The largest absolute Gasteiger partial charge is 0.366 e. The lowest BCUT2D eigenvalue weighted by molar-refractivity contribution is -0.158. The molecule has 58 valence electrons. The maximum Gasteiger partial charge on any atom is 0.184 e. The van der Waals surface area contributed by atoms with Gasteiger partial charge >= 0.3 is 0 Å². The van der Waals surface area contributed by atoms with E-state index in [9.17, 15) is 0 Å². The zero-order valence-corrected chi connectivity index (χ0v) is 5.69. The number of aliphatic hydroxyl groups is 1. The second-order valence-electron chi connectivity index (χ2n) is 2.57. The van der Waals surface area contributed by atoms with Crippen molar-refractivity contribution in [1.29, 1.82) is 0 Å². The predicted octanol–water partition coefficient (Wildman–Crippen LogP) is -0.535. The Labute approximate surface area is 58.7 Å². The van der Waals surface area contributed by atoms with Gasteiger partial charge in [-0.05, 0) is 6.92 Å². The lowest BCUT2D eigenvalue weighted by Gasteiger charge is -2.09. The van der Waals surface area contributed by atoms with Crippen molar-refractivity contribution in [3.63, 3.8) is 0 Å². The molecule has 0 aliphatic carbocycles. The summed E-state index contributed by atoms with van der Waals surface area (Å²) in [4.78, 5) is 0. The quantitative estimate of drug-likeness (QED) is 0.499. The number of hydrogen-bond donors (Lipinski definition) is 1. The SMILES string of the molecule is CC1OC2COC(O)C2O1. The minimum atomic E-state index is -0.796. The Morgan fingerprint density at radius 2 is 2.20 bits per heavy atom. The molecule has 2 heterocycles. The van der Waals surface area contributed by atoms with Crippen LogP contribution < -0.4 is 0 Å². The van der Waals surface area contributed by atoms with Gasteiger partial charge in [0.1, 0.15) is 12.2 Å². The zero-order valence-electron chi connectivity index (χ0n) is 5.69. The predicted molar refractivity (Wildman–Crippen MR) is 31.2 cm³/mol. The van der Waals surface area contributed by atoms with Crippen molar-refractivity contribution >= 4 is 0 Å². The minimum absolute atomic E-state index is 0.0648. The van der Waals surface area contributed by atoms with Crippen LogP contribution in [-0.2, 0) is 14.2 Å².